The fourth-order valence-corrected chi connectivity index (χ4v) is 3.00. The molecule has 0 bridgehead atoms. The van der Waals surface area contributed by atoms with E-state index in [1.807, 2.05) is 31.2 Å². The Morgan fingerprint density at radius 3 is 2.48 bits per heavy atom. The SMILES string of the molecule is Cc1ccccc1CNC(=O)C1CC1C(=O)Nc1ccc(Cl)c(Cl)c1. The van der Waals surface area contributed by atoms with E-state index in [0.29, 0.717) is 28.7 Å². The molecule has 0 spiro atoms. The van der Waals surface area contributed by atoms with Crippen LogP contribution in [0, 0.1) is 18.8 Å². The normalized spacial score (nSPS) is 18.5. The number of carbonyl (C=O) groups excluding carboxylic acids is 2. The van der Waals surface area contributed by atoms with Gasteiger partial charge in [-0.2, -0.15) is 0 Å². The number of amides is 2. The Hall–Kier alpha value is -2.04. The van der Waals surface area contributed by atoms with E-state index in [2.05, 4.69) is 10.6 Å². The van der Waals surface area contributed by atoms with E-state index in [1.54, 1.807) is 18.2 Å². The number of nitrogens with one attached hydrogen (secondary N) is 2. The van der Waals surface area contributed by atoms with Crippen LogP contribution < -0.4 is 10.6 Å². The van der Waals surface area contributed by atoms with Gasteiger partial charge in [-0.1, -0.05) is 47.5 Å². The molecule has 2 aromatic carbocycles. The second-order valence-corrected chi connectivity index (χ2v) is 7.03. The summed E-state index contributed by atoms with van der Waals surface area (Å²) in [5, 5.41) is 6.49. The number of anilines is 1. The minimum atomic E-state index is -0.300. The summed E-state index contributed by atoms with van der Waals surface area (Å²) in [7, 11) is 0. The van der Waals surface area contributed by atoms with Crippen LogP contribution in [0.5, 0.6) is 0 Å². The molecule has 6 heteroatoms. The predicted molar refractivity (Wildman–Crippen MR) is 99.7 cm³/mol. The van der Waals surface area contributed by atoms with Crippen LogP contribution in [0.15, 0.2) is 42.5 Å². The minimum Gasteiger partial charge on any atom is -0.352 e. The molecule has 2 atom stereocenters. The third kappa shape index (κ3) is 4.33. The lowest BCUT2D eigenvalue weighted by molar-refractivity contribution is -0.125. The molecule has 2 aromatic rings. The van der Waals surface area contributed by atoms with Crippen molar-refractivity contribution in [2.24, 2.45) is 11.8 Å². The first-order valence-electron chi connectivity index (χ1n) is 8.04. The quantitative estimate of drug-likeness (QED) is 0.821. The van der Waals surface area contributed by atoms with Gasteiger partial charge < -0.3 is 10.6 Å². The van der Waals surface area contributed by atoms with Gasteiger partial charge in [-0.3, -0.25) is 9.59 Å². The van der Waals surface area contributed by atoms with Crippen LogP contribution in [0.2, 0.25) is 10.0 Å². The fraction of sp³-hybridized carbons (Fsp3) is 0.263. The van der Waals surface area contributed by atoms with Crippen LogP contribution in [0.1, 0.15) is 17.5 Å². The van der Waals surface area contributed by atoms with E-state index in [0.717, 1.165) is 11.1 Å². The molecular weight excluding hydrogens is 359 g/mol. The second kappa shape index (κ2) is 7.46. The molecule has 0 aliphatic heterocycles. The van der Waals surface area contributed by atoms with Gasteiger partial charge in [-0.25, -0.2) is 0 Å². The molecule has 0 aromatic heterocycles. The third-order valence-electron chi connectivity index (χ3n) is 4.37. The Morgan fingerprint density at radius 2 is 1.76 bits per heavy atom. The minimum absolute atomic E-state index is 0.0856. The molecule has 1 saturated carbocycles. The van der Waals surface area contributed by atoms with Crippen LogP contribution in [0.3, 0.4) is 0 Å². The third-order valence-corrected chi connectivity index (χ3v) is 5.10. The van der Waals surface area contributed by atoms with E-state index >= 15 is 0 Å². The molecule has 1 fully saturated rings. The highest BCUT2D eigenvalue weighted by atomic mass is 35.5. The molecule has 2 unspecified atom stereocenters. The summed E-state index contributed by atoms with van der Waals surface area (Å²) in [6.45, 7) is 2.48. The molecule has 1 aliphatic carbocycles. The second-order valence-electron chi connectivity index (χ2n) is 6.21. The number of hydrogen-bond donors (Lipinski definition) is 2. The van der Waals surface area contributed by atoms with Gasteiger partial charge in [0.15, 0.2) is 0 Å². The average Bonchev–Trinajstić information content (AvgIpc) is 3.38. The number of benzene rings is 2. The van der Waals surface area contributed by atoms with E-state index in [1.165, 1.54) is 0 Å². The summed E-state index contributed by atoms with van der Waals surface area (Å²) >= 11 is 11.8. The Labute approximate surface area is 156 Å². The van der Waals surface area contributed by atoms with Gasteiger partial charge in [0.1, 0.15) is 0 Å². The van der Waals surface area contributed by atoms with Crippen molar-refractivity contribution in [3.63, 3.8) is 0 Å². The number of halogens is 2. The summed E-state index contributed by atoms with van der Waals surface area (Å²) in [5.41, 5.74) is 2.78. The molecule has 4 nitrogen and oxygen atoms in total. The Kier molecular flexibility index (Phi) is 5.30. The zero-order valence-electron chi connectivity index (χ0n) is 13.7. The molecule has 2 N–H and O–H groups in total. The van der Waals surface area contributed by atoms with Gasteiger partial charge in [-0.15, -0.1) is 0 Å². The molecule has 130 valence electrons. The van der Waals surface area contributed by atoms with Crippen LogP contribution >= 0.6 is 23.2 Å². The van der Waals surface area contributed by atoms with Crippen molar-refractivity contribution in [3.8, 4) is 0 Å². The predicted octanol–water partition coefficient (Wildman–Crippen LogP) is 4.19. The zero-order chi connectivity index (χ0) is 18.0. The number of carbonyl (C=O) groups is 2. The van der Waals surface area contributed by atoms with Gasteiger partial charge in [0, 0.05) is 12.2 Å². The van der Waals surface area contributed by atoms with Crippen LogP contribution in [0.4, 0.5) is 5.69 Å². The van der Waals surface area contributed by atoms with Crippen LogP contribution in [-0.4, -0.2) is 11.8 Å². The van der Waals surface area contributed by atoms with E-state index < -0.39 is 0 Å². The highest BCUT2D eigenvalue weighted by Gasteiger charge is 2.47. The van der Waals surface area contributed by atoms with Crippen LogP contribution in [-0.2, 0) is 16.1 Å². The molecule has 0 saturated heterocycles. The first-order chi connectivity index (χ1) is 12.0. The van der Waals surface area contributed by atoms with Crippen molar-refractivity contribution in [2.75, 3.05) is 5.32 Å². The van der Waals surface area contributed by atoms with Gasteiger partial charge in [0.2, 0.25) is 11.8 Å². The zero-order valence-corrected chi connectivity index (χ0v) is 15.2. The van der Waals surface area contributed by atoms with Crippen molar-refractivity contribution in [1.82, 2.24) is 5.32 Å². The van der Waals surface area contributed by atoms with Crippen molar-refractivity contribution in [2.45, 2.75) is 19.9 Å². The van der Waals surface area contributed by atoms with Gasteiger partial charge in [0.25, 0.3) is 0 Å². The highest BCUT2D eigenvalue weighted by Crippen LogP contribution is 2.39. The lowest BCUT2D eigenvalue weighted by Crippen LogP contribution is -2.27. The molecule has 3 rings (SSSR count). The summed E-state index contributed by atoms with van der Waals surface area (Å²) in [4.78, 5) is 24.5. The fourth-order valence-electron chi connectivity index (χ4n) is 2.71. The first-order valence-corrected chi connectivity index (χ1v) is 8.79. The number of rotatable bonds is 5. The molecule has 0 radical (unpaired) electrons. The molecule has 1 aliphatic rings. The Bertz CT molecular complexity index is 823. The van der Waals surface area contributed by atoms with Crippen molar-refractivity contribution >= 4 is 40.7 Å². The number of hydrogen-bond acceptors (Lipinski definition) is 2. The lowest BCUT2D eigenvalue weighted by atomic mass is 10.1. The van der Waals surface area contributed by atoms with E-state index in [9.17, 15) is 9.59 Å². The summed E-state index contributed by atoms with van der Waals surface area (Å²) in [6, 6.07) is 12.8. The summed E-state index contributed by atoms with van der Waals surface area (Å²) < 4.78 is 0. The van der Waals surface area contributed by atoms with Gasteiger partial charge >= 0.3 is 0 Å². The standard InChI is InChI=1S/C19H18Cl2N2O2/c1-11-4-2-3-5-12(11)10-22-18(24)14-9-15(14)19(25)23-13-6-7-16(20)17(21)8-13/h2-8,14-15H,9-10H2,1H3,(H,22,24)(H,23,25). The smallest absolute Gasteiger partial charge is 0.228 e. The van der Waals surface area contributed by atoms with Crippen molar-refractivity contribution in [3.05, 3.63) is 63.6 Å². The number of aryl methyl sites for hydroxylation is 1. The maximum atomic E-state index is 12.2. The lowest BCUT2D eigenvalue weighted by Gasteiger charge is -2.08. The molecule has 0 heterocycles. The maximum absolute atomic E-state index is 12.2. The Balaban J connectivity index is 1.51. The monoisotopic (exact) mass is 376 g/mol. The molecule has 25 heavy (non-hydrogen) atoms. The van der Waals surface area contributed by atoms with Gasteiger partial charge in [0.05, 0.1) is 21.9 Å². The topological polar surface area (TPSA) is 58.2 Å². The molecule has 2 amide bonds. The van der Waals surface area contributed by atoms with Gasteiger partial charge in [-0.05, 0) is 42.7 Å². The maximum Gasteiger partial charge on any atom is 0.228 e. The van der Waals surface area contributed by atoms with Crippen molar-refractivity contribution < 1.29 is 9.59 Å². The van der Waals surface area contributed by atoms with E-state index in [4.69, 9.17) is 23.2 Å². The summed E-state index contributed by atoms with van der Waals surface area (Å²) in [5.74, 6) is -0.829. The molecular formula is C19H18Cl2N2O2. The first kappa shape index (κ1) is 17.8. The Morgan fingerprint density at radius 1 is 1.04 bits per heavy atom. The largest absolute Gasteiger partial charge is 0.352 e. The highest BCUT2D eigenvalue weighted by molar-refractivity contribution is 6.42. The van der Waals surface area contributed by atoms with Crippen LogP contribution in [0.25, 0.3) is 0 Å². The van der Waals surface area contributed by atoms with E-state index in [-0.39, 0.29) is 23.7 Å². The summed E-state index contributed by atoms with van der Waals surface area (Å²) in [6.07, 6.45) is 0.562. The van der Waals surface area contributed by atoms with Crippen molar-refractivity contribution in [1.29, 1.82) is 0 Å². The average molecular weight is 377 g/mol.